The van der Waals surface area contributed by atoms with Crippen molar-refractivity contribution in [3.05, 3.63) is 33.8 Å². The lowest BCUT2D eigenvalue weighted by Gasteiger charge is -1.95. The molecule has 0 aliphatic rings. The molecule has 4 nitrogen and oxygen atoms in total. The maximum absolute atomic E-state index is 10.7. The van der Waals surface area contributed by atoms with Crippen LogP contribution in [0.3, 0.4) is 0 Å². The summed E-state index contributed by atoms with van der Waals surface area (Å²) in [4.78, 5) is 9.55. The normalized spacial score (nSPS) is 18.5. The molecule has 0 aromatic heterocycles. The Hall–Kier alpha value is -1.58. The van der Waals surface area contributed by atoms with Crippen LogP contribution < -0.4 is 0 Å². The number of aromatic hydroxyl groups is 1. The van der Waals surface area contributed by atoms with Gasteiger partial charge >= 0.3 is 0 Å². The Labute approximate surface area is 71.7 Å². The number of phenols is 1. The van der Waals surface area contributed by atoms with E-state index in [0.29, 0.717) is 0 Å². The highest BCUT2D eigenvalue weighted by atomic mass is 16.6. The molecule has 0 spiro atoms. The van der Waals surface area contributed by atoms with Crippen LogP contribution in [-0.2, 0) is 0 Å². The quantitative estimate of drug-likeness (QED) is 0.500. The highest BCUT2D eigenvalue weighted by molar-refractivity contribution is 5.43. The average Bonchev–Trinajstić information content (AvgIpc) is 2.17. The predicted molar refractivity (Wildman–Crippen MR) is 39.5 cm³/mol. The van der Waals surface area contributed by atoms with E-state index in [1.165, 1.54) is 0 Å². The Morgan fingerprint density at radius 2 is 2.55 bits per heavy atom. The summed E-state index contributed by atoms with van der Waals surface area (Å²) in [5.41, 5.74) is -2.17. The predicted octanol–water partition coefficient (Wildman–Crippen LogP) is 1.61. The number of hydrogen-bond donors (Lipinski definition) is 1. The van der Waals surface area contributed by atoms with Crippen LogP contribution in [0.15, 0.2) is 18.1 Å². The van der Waals surface area contributed by atoms with Gasteiger partial charge in [-0.25, -0.2) is 0 Å². The maximum Gasteiger partial charge on any atom is 0.272 e. The molecule has 0 radical (unpaired) electrons. The molecule has 1 rings (SSSR count). The van der Waals surface area contributed by atoms with E-state index < -0.39 is 46.9 Å². The Balaban J connectivity index is 3.86. The van der Waals surface area contributed by atoms with E-state index in [9.17, 15) is 15.2 Å². The van der Waals surface area contributed by atoms with Crippen LogP contribution in [0.1, 0.15) is 13.8 Å². The standard InChI is InChI=1S/C7H7NO3/c1-5-4-6(9)2-3-7(5)8(10)11/h2-4,9H,1H3/i1D3,2D,3D,4D. The molecule has 0 fully saturated rings. The fraction of sp³-hybridized carbons (Fsp3) is 0.143. The van der Waals surface area contributed by atoms with Gasteiger partial charge in [0, 0.05) is 15.7 Å². The number of nitro benzene ring substituents is 1. The van der Waals surface area contributed by atoms with Gasteiger partial charge in [-0.3, -0.25) is 10.1 Å². The van der Waals surface area contributed by atoms with Crippen LogP contribution in [0.4, 0.5) is 5.69 Å². The summed E-state index contributed by atoms with van der Waals surface area (Å²) in [5.74, 6) is -1.05. The molecule has 0 saturated heterocycles. The zero-order chi connectivity index (χ0) is 13.5. The average molecular weight is 159 g/mol. The second-order valence-electron chi connectivity index (χ2n) is 1.70. The van der Waals surface area contributed by atoms with E-state index in [1.54, 1.807) is 0 Å². The molecule has 0 saturated carbocycles. The van der Waals surface area contributed by atoms with Gasteiger partial charge < -0.3 is 5.11 Å². The van der Waals surface area contributed by atoms with Gasteiger partial charge in [-0.2, -0.15) is 0 Å². The van der Waals surface area contributed by atoms with Crippen molar-refractivity contribution in [2.24, 2.45) is 0 Å². The molecule has 0 atom stereocenters. The van der Waals surface area contributed by atoms with Gasteiger partial charge in [-0.15, -0.1) is 0 Å². The molecule has 0 heterocycles. The van der Waals surface area contributed by atoms with Crippen molar-refractivity contribution >= 4 is 5.69 Å². The molecular weight excluding hydrogens is 146 g/mol. The van der Waals surface area contributed by atoms with Gasteiger partial charge in [0.15, 0.2) is 0 Å². The first-order valence-corrected chi connectivity index (χ1v) is 2.56. The number of nitrogens with zero attached hydrogens (tertiary/aromatic N) is 1. The Morgan fingerprint density at radius 3 is 3.09 bits per heavy atom. The third-order valence-corrected chi connectivity index (χ3v) is 0.962. The lowest BCUT2D eigenvalue weighted by atomic mass is 10.2. The molecule has 0 amide bonds. The summed E-state index contributed by atoms with van der Waals surface area (Å²) in [6, 6.07) is -2.97. The van der Waals surface area contributed by atoms with Crippen LogP contribution in [0.5, 0.6) is 5.75 Å². The summed E-state index contributed by atoms with van der Waals surface area (Å²) in [6.07, 6.45) is 0. The summed E-state index contributed by atoms with van der Waals surface area (Å²) < 4.78 is 42.9. The van der Waals surface area contributed by atoms with Gasteiger partial charge in [0.2, 0.25) is 0 Å². The van der Waals surface area contributed by atoms with Crippen LogP contribution in [0, 0.1) is 17.0 Å². The molecule has 11 heavy (non-hydrogen) atoms. The molecule has 0 aliphatic heterocycles. The Morgan fingerprint density at radius 1 is 1.82 bits per heavy atom. The largest absolute Gasteiger partial charge is 0.508 e. The van der Waals surface area contributed by atoms with E-state index in [4.69, 9.17) is 8.22 Å². The van der Waals surface area contributed by atoms with E-state index in [2.05, 4.69) is 0 Å². The molecule has 0 unspecified atom stereocenters. The minimum absolute atomic E-state index is 0.935. The second-order valence-corrected chi connectivity index (χ2v) is 1.70. The van der Waals surface area contributed by atoms with E-state index in [0.717, 1.165) is 0 Å². The van der Waals surface area contributed by atoms with Gasteiger partial charge in [0.25, 0.3) is 5.69 Å². The molecule has 1 aromatic carbocycles. The lowest BCUT2D eigenvalue weighted by Crippen LogP contribution is -1.90. The van der Waals surface area contributed by atoms with Crippen LogP contribution in [0.2, 0.25) is 0 Å². The number of hydrogen-bond acceptors (Lipinski definition) is 3. The van der Waals surface area contributed by atoms with E-state index in [-0.39, 0.29) is 0 Å². The van der Waals surface area contributed by atoms with Crippen molar-refractivity contribution in [3.63, 3.8) is 0 Å². The Bertz CT molecular complexity index is 498. The van der Waals surface area contributed by atoms with Crippen LogP contribution in [0.25, 0.3) is 0 Å². The Kier molecular flexibility index (Phi) is 0.657. The maximum atomic E-state index is 10.7. The zero-order valence-corrected chi connectivity index (χ0v) is 5.21. The lowest BCUT2D eigenvalue weighted by molar-refractivity contribution is -0.385. The summed E-state index contributed by atoms with van der Waals surface area (Å²) >= 11 is 0. The monoisotopic (exact) mass is 159 g/mol. The topological polar surface area (TPSA) is 63.4 Å². The second kappa shape index (κ2) is 2.57. The summed E-state index contributed by atoms with van der Waals surface area (Å²) in [6.45, 7) is -3.01. The SMILES string of the molecule is [2H]c1c([2H])c([N+](=O)[O-])c(C([2H])([2H])[2H])c([2H])c1O. The van der Waals surface area contributed by atoms with Gasteiger partial charge in [-0.05, 0) is 18.9 Å². The number of nitro groups is 1. The van der Waals surface area contributed by atoms with Crippen molar-refractivity contribution < 1.29 is 18.3 Å². The summed E-state index contributed by atoms with van der Waals surface area (Å²) in [5, 5.41) is 20.0. The van der Waals surface area contributed by atoms with E-state index in [1.807, 2.05) is 0 Å². The van der Waals surface area contributed by atoms with Crippen LogP contribution >= 0.6 is 0 Å². The fourth-order valence-electron chi connectivity index (χ4n) is 0.527. The summed E-state index contributed by atoms with van der Waals surface area (Å²) in [7, 11) is 0. The molecule has 1 N–H and O–H groups in total. The molecular formula is C7H7NO3. The first-order valence-electron chi connectivity index (χ1n) is 5.56. The molecule has 58 valence electrons. The first-order chi connectivity index (χ1) is 7.59. The highest BCUT2D eigenvalue weighted by Crippen LogP contribution is 2.21. The van der Waals surface area contributed by atoms with Gasteiger partial charge in [0.1, 0.15) is 5.75 Å². The molecule has 0 aliphatic carbocycles. The van der Waals surface area contributed by atoms with Crippen molar-refractivity contribution in [2.45, 2.75) is 6.85 Å². The van der Waals surface area contributed by atoms with Gasteiger partial charge in [0.05, 0.1) is 9.04 Å². The molecule has 1 aromatic rings. The minimum Gasteiger partial charge on any atom is -0.508 e. The van der Waals surface area contributed by atoms with E-state index >= 15 is 0 Å². The molecule has 0 bridgehead atoms. The number of phenolic OH excluding ortho intramolecular Hbond substituents is 1. The van der Waals surface area contributed by atoms with Crippen molar-refractivity contribution in [2.75, 3.05) is 0 Å². The smallest absolute Gasteiger partial charge is 0.272 e. The third kappa shape index (κ3) is 1.46. The number of rotatable bonds is 1. The van der Waals surface area contributed by atoms with Gasteiger partial charge in [-0.1, -0.05) is 0 Å². The minimum atomic E-state index is -3.01. The first kappa shape index (κ1) is 2.81. The third-order valence-electron chi connectivity index (χ3n) is 0.962. The van der Waals surface area contributed by atoms with Crippen molar-refractivity contribution in [1.82, 2.24) is 0 Å². The molecule has 4 heteroatoms. The zero-order valence-electron chi connectivity index (χ0n) is 11.2. The van der Waals surface area contributed by atoms with Crippen molar-refractivity contribution in [3.8, 4) is 5.75 Å². The number of benzene rings is 1. The van der Waals surface area contributed by atoms with Crippen LogP contribution in [-0.4, -0.2) is 10.0 Å². The highest BCUT2D eigenvalue weighted by Gasteiger charge is 2.08. The van der Waals surface area contributed by atoms with Crippen molar-refractivity contribution in [1.29, 1.82) is 0 Å². The fourth-order valence-corrected chi connectivity index (χ4v) is 0.527.